The van der Waals surface area contributed by atoms with Crippen LogP contribution >= 0.6 is 0 Å². The number of likely N-dealkylation sites (N-methyl/N-ethyl adjacent to an activating group) is 1. The zero-order chi connectivity index (χ0) is 19.2. The average Bonchev–Trinajstić information content (AvgIpc) is 3.09. The molecule has 0 radical (unpaired) electrons. The molecule has 8 nitrogen and oxygen atoms in total. The van der Waals surface area contributed by atoms with Crippen LogP contribution in [0.2, 0.25) is 0 Å². The van der Waals surface area contributed by atoms with E-state index < -0.39 is 5.82 Å². The third-order valence-corrected chi connectivity index (χ3v) is 3.86. The molecule has 0 unspecified atom stereocenters. The summed E-state index contributed by atoms with van der Waals surface area (Å²) in [5.74, 6) is 0.328. The standard InChI is InChI=1S/C18H19FN6O2/c1-24(10-11-27-16-9-4-3-8-15(16)19)18(26)20-14-7-5-6-13(12-14)17-21-22-23-25(17)2/h3-9,12H,10-11H2,1-2H3,(H,20,26). The summed E-state index contributed by atoms with van der Waals surface area (Å²) in [5.41, 5.74) is 1.40. The normalized spacial score (nSPS) is 10.5. The molecule has 2 aromatic carbocycles. The Morgan fingerprint density at radius 2 is 2.07 bits per heavy atom. The number of aromatic nitrogens is 4. The van der Waals surface area contributed by atoms with E-state index in [1.54, 1.807) is 55.2 Å². The Kier molecular flexibility index (Phi) is 5.60. The van der Waals surface area contributed by atoms with Crippen molar-refractivity contribution in [3.05, 3.63) is 54.3 Å². The fourth-order valence-corrected chi connectivity index (χ4v) is 2.38. The first kappa shape index (κ1) is 18.3. The summed E-state index contributed by atoms with van der Waals surface area (Å²) < 4.78 is 20.4. The summed E-state index contributed by atoms with van der Waals surface area (Å²) in [7, 11) is 3.38. The van der Waals surface area contributed by atoms with Crippen molar-refractivity contribution in [1.82, 2.24) is 25.1 Å². The number of nitrogens with one attached hydrogen (secondary N) is 1. The molecule has 0 spiro atoms. The summed E-state index contributed by atoms with van der Waals surface area (Å²) >= 11 is 0. The van der Waals surface area contributed by atoms with E-state index >= 15 is 0 Å². The van der Waals surface area contributed by atoms with Gasteiger partial charge in [-0.3, -0.25) is 0 Å². The van der Waals surface area contributed by atoms with E-state index in [0.717, 1.165) is 5.56 Å². The maximum atomic E-state index is 13.5. The maximum absolute atomic E-state index is 13.5. The van der Waals surface area contributed by atoms with Crippen LogP contribution in [0.25, 0.3) is 11.4 Å². The molecular weight excluding hydrogens is 351 g/mol. The third kappa shape index (κ3) is 4.57. The molecule has 1 N–H and O–H groups in total. The Morgan fingerprint density at radius 3 is 2.81 bits per heavy atom. The van der Waals surface area contributed by atoms with Crippen LogP contribution in [-0.2, 0) is 7.05 Å². The van der Waals surface area contributed by atoms with Crippen molar-refractivity contribution in [3.63, 3.8) is 0 Å². The summed E-state index contributed by atoms with van der Waals surface area (Å²) in [6.07, 6.45) is 0. The van der Waals surface area contributed by atoms with Crippen molar-refractivity contribution in [3.8, 4) is 17.1 Å². The molecule has 0 bridgehead atoms. The lowest BCUT2D eigenvalue weighted by atomic mass is 10.2. The molecule has 140 valence electrons. The number of nitrogens with zero attached hydrogens (tertiary/aromatic N) is 5. The maximum Gasteiger partial charge on any atom is 0.321 e. The quantitative estimate of drug-likeness (QED) is 0.721. The van der Waals surface area contributed by atoms with E-state index in [1.165, 1.54) is 11.0 Å². The number of urea groups is 1. The lowest BCUT2D eigenvalue weighted by Gasteiger charge is -2.18. The van der Waals surface area contributed by atoms with Gasteiger partial charge in [0.2, 0.25) is 0 Å². The number of hydrogen-bond acceptors (Lipinski definition) is 5. The SMILES string of the molecule is CN(CCOc1ccccc1F)C(=O)Nc1cccc(-c2nnnn2C)c1. The Labute approximate surface area is 155 Å². The number of amides is 2. The number of para-hydroxylation sites is 1. The highest BCUT2D eigenvalue weighted by Gasteiger charge is 2.11. The summed E-state index contributed by atoms with van der Waals surface area (Å²) in [6.45, 7) is 0.475. The molecule has 0 saturated heterocycles. The van der Waals surface area contributed by atoms with Gasteiger partial charge in [0.25, 0.3) is 0 Å². The molecule has 0 saturated carbocycles. The molecule has 3 aromatic rings. The Balaban J connectivity index is 1.55. The zero-order valence-corrected chi connectivity index (χ0v) is 15.0. The van der Waals surface area contributed by atoms with E-state index in [9.17, 15) is 9.18 Å². The second kappa shape index (κ2) is 8.26. The summed E-state index contributed by atoms with van der Waals surface area (Å²) in [6, 6.07) is 13.1. The second-order valence-corrected chi connectivity index (χ2v) is 5.84. The molecule has 0 atom stereocenters. The topological polar surface area (TPSA) is 85.2 Å². The number of benzene rings is 2. The number of tetrazole rings is 1. The Morgan fingerprint density at radius 1 is 1.26 bits per heavy atom. The van der Waals surface area contributed by atoms with Crippen LogP contribution in [0.5, 0.6) is 5.75 Å². The minimum Gasteiger partial charge on any atom is -0.489 e. The average molecular weight is 370 g/mol. The van der Waals surface area contributed by atoms with E-state index in [0.29, 0.717) is 18.1 Å². The Hall–Kier alpha value is -3.49. The molecule has 0 fully saturated rings. The number of carbonyl (C=O) groups excluding carboxylic acids is 1. The fraction of sp³-hybridized carbons (Fsp3) is 0.222. The van der Waals surface area contributed by atoms with Gasteiger partial charge in [-0.15, -0.1) is 5.10 Å². The first-order valence-corrected chi connectivity index (χ1v) is 8.27. The second-order valence-electron chi connectivity index (χ2n) is 5.84. The smallest absolute Gasteiger partial charge is 0.321 e. The highest BCUT2D eigenvalue weighted by atomic mass is 19.1. The van der Waals surface area contributed by atoms with Crippen molar-refractivity contribution in [2.24, 2.45) is 7.05 Å². The van der Waals surface area contributed by atoms with Crippen molar-refractivity contribution in [2.75, 3.05) is 25.5 Å². The highest BCUT2D eigenvalue weighted by molar-refractivity contribution is 5.89. The van der Waals surface area contributed by atoms with Gasteiger partial charge >= 0.3 is 6.03 Å². The number of rotatable bonds is 6. The number of anilines is 1. The zero-order valence-electron chi connectivity index (χ0n) is 15.0. The van der Waals surface area contributed by atoms with Crippen LogP contribution in [-0.4, -0.2) is 51.3 Å². The number of aryl methyl sites for hydroxylation is 1. The molecule has 0 aliphatic rings. The summed E-state index contributed by atoms with van der Waals surface area (Å²) in [4.78, 5) is 13.8. The predicted octanol–water partition coefficient (Wildman–Crippen LogP) is 2.56. The van der Waals surface area contributed by atoms with Crippen molar-refractivity contribution in [2.45, 2.75) is 0 Å². The van der Waals surface area contributed by atoms with Crippen molar-refractivity contribution < 1.29 is 13.9 Å². The van der Waals surface area contributed by atoms with Gasteiger partial charge in [-0.2, -0.15) is 0 Å². The van der Waals surface area contributed by atoms with E-state index in [1.807, 2.05) is 6.07 Å². The molecule has 0 aliphatic heterocycles. The third-order valence-electron chi connectivity index (χ3n) is 3.86. The van der Waals surface area contributed by atoms with Crippen LogP contribution in [0.3, 0.4) is 0 Å². The monoisotopic (exact) mass is 370 g/mol. The lowest BCUT2D eigenvalue weighted by molar-refractivity contribution is 0.206. The van der Waals surface area contributed by atoms with Gasteiger partial charge in [0.05, 0.1) is 6.54 Å². The molecule has 1 heterocycles. The van der Waals surface area contributed by atoms with Crippen LogP contribution in [0.1, 0.15) is 0 Å². The van der Waals surface area contributed by atoms with Gasteiger partial charge in [0, 0.05) is 25.3 Å². The molecule has 2 amide bonds. The minimum absolute atomic E-state index is 0.163. The fourth-order valence-electron chi connectivity index (χ4n) is 2.38. The van der Waals surface area contributed by atoms with Crippen LogP contribution in [0.15, 0.2) is 48.5 Å². The van der Waals surface area contributed by atoms with Crippen LogP contribution in [0.4, 0.5) is 14.9 Å². The number of ether oxygens (including phenoxy) is 1. The van der Waals surface area contributed by atoms with E-state index in [2.05, 4.69) is 20.8 Å². The predicted molar refractivity (Wildman–Crippen MR) is 97.8 cm³/mol. The van der Waals surface area contributed by atoms with Gasteiger partial charge in [-0.25, -0.2) is 13.9 Å². The number of halogens is 1. The molecule has 9 heteroatoms. The van der Waals surface area contributed by atoms with Gasteiger partial charge < -0.3 is 15.0 Å². The molecular formula is C18H19FN6O2. The lowest BCUT2D eigenvalue weighted by Crippen LogP contribution is -2.34. The van der Waals surface area contributed by atoms with E-state index in [4.69, 9.17) is 4.74 Å². The minimum atomic E-state index is -0.431. The first-order valence-electron chi connectivity index (χ1n) is 8.27. The van der Waals surface area contributed by atoms with Crippen LogP contribution < -0.4 is 10.1 Å². The van der Waals surface area contributed by atoms with Gasteiger partial charge in [-0.05, 0) is 34.7 Å². The Bertz CT molecular complexity index is 929. The molecule has 0 aliphatic carbocycles. The number of hydrogen-bond donors (Lipinski definition) is 1. The molecule has 3 rings (SSSR count). The largest absolute Gasteiger partial charge is 0.489 e. The molecule has 1 aromatic heterocycles. The van der Waals surface area contributed by atoms with Gasteiger partial charge in [0.1, 0.15) is 6.61 Å². The highest BCUT2D eigenvalue weighted by Crippen LogP contribution is 2.20. The summed E-state index contributed by atoms with van der Waals surface area (Å²) in [5, 5.41) is 14.2. The first-order chi connectivity index (χ1) is 13.0. The van der Waals surface area contributed by atoms with Crippen molar-refractivity contribution in [1.29, 1.82) is 0 Å². The van der Waals surface area contributed by atoms with Crippen LogP contribution in [0, 0.1) is 5.82 Å². The van der Waals surface area contributed by atoms with Crippen molar-refractivity contribution >= 4 is 11.7 Å². The van der Waals surface area contributed by atoms with Gasteiger partial charge in [-0.1, -0.05) is 24.3 Å². The molecule has 27 heavy (non-hydrogen) atoms. The van der Waals surface area contributed by atoms with E-state index in [-0.39, 0.29) is 18.4 Å². The number of carbonyl (C=O) groups is 1. The van der Waals surface area contributed by atoms with Gasteiger partial charge in [0.15, 0.2) is 17.4 Å².